The third-order valence-electron chi connectivity index (χ3n) is 2.13. The van der Waals surface area contributed by atoms with Crippen molar-refractivity contribution in [1.82, 2.24) is 0 Å². The summed E-state index contributed by atoms with van der Waals surface area (Å²) >= 11 is 0. The topological polar surface area (TPSA) is 40.5 Å². The second kappa shape index (κ2) is 5.56. The van der Waals surface area contributed by atoms with E-state index >= 15 is 0 Å². The van der Waals surface area contributed by atoms with Gasteiger partial charge in [0.15, 0.2) is 0 Å². The van der Waals surface area contributed by atoms with E-state index in [1.165, 1.54) is 0 Å². The Balaban J connectivity index is 3.52. The number of aliphatic hydroxyl groups excluding tert-OH is 2. The molecule has 2 heteroatoms. The lowest BCUT2D eigenvalue weighted by atomic mass is 9.91. The first kappa shape index (κ1) is 10.9. The molecule has 0 rings (SSSR count). The molecule has 2 atom stereocenters. The summed E-state index contributed by atoms with van der Waals surface area (Å²) in [7, 11) is 0. The number of rotatable bonds is 5. The molecule has 0 fully saturated rings. The highest BCUT2D eigenvalue weighted by molar-refractivity contribution is 4.63. The maximum Gasteiger partial charge on any atom is 0.0512 e. The minimum atomic E-state index is -0.234. The Morgan fingerprint density at radius 1 is 1.09 bits per heavy atom. The summed E-state index contributed by atoms with van der Waals surface area (Å²) in [6.45, 7) is 6.23. The summed E-state index contributed by atoms with van der Waals surface area (Å²) in [4.78, 5) is 0. The van der Waals surface area contributed by atoms with Gasteiger partial charge in [-0.2, -0.15) is 0 Å². The quantitative estimate of drug-likeness (QED) is 0.638. The lowest BCUT2D eigenvalue weighted by molar-refractivity contribution is 0.138. The van der Waals surface area contributed by atoms with Gasteiger partial charge in [0.1, 0.15) is 0 Å². The van der Waals surface area contributed by atoms with E-state index in [0.717, 1.165) is 12.8 Å². The van der Waals surface area contributed by atoms with Gasteiger partial charge in [-0.15, -0.1) is 0 Å². The molecule has 0 saturated carbocycles. The molecule has 0 aromatic rings. The molecule has 0 radical (unpaired) electrons. The molecule has 0 aromatic heterocycles. The van der Waals surface area contributed by atoms with Crippen LogP contribution in [0.1, 0.15) is 33.6 Å². The van der Waals surface area contributed by atoms with Crippen LogP contribution in [-0.4, -0.2) is 22.9 Å². The summed E-state index contributed by atoms with van der Waals surface area (Å²) in [5.74, 6) is 0.864. The van der Waals surface area contributed by atoms with Crippen molar-refractivity contribution in [3.63, 3.8) is 0 Å². The zero-order valence-electron chi connectivity index (χ0n) is 7.75. The van der Waals surface area contributed by atoms with Crippen molar-refractivity contribution in [1.29, 1.82) is 0 Å². The van der Waals surface area contributed by atoms with Crippen molar-refractivity contribution >= 4 is 0 Å². The number of hydrogen-bond acceptors (Lipinski definition) is 2. The van der Waals surface area contributed by atoms with Crippen molar-refractivity contribution in [2.75, 3.05) is 6.61 Å². The molecule has 0 heterocycles. The standard InChI is InChI=1S/C9H20O2/c1-7(2)9(6-10)5-4-8(3)11/h7-11H,4-6H2,1-3H3. The molecule has 0 spiro atoms. The fraction of sp³-hybridized carbons (Fsp3) is 1.00. The predicted octanol–water partition coefficient (Wildman–Crippen LogP) is 1.41. The van der Waals surface area contributed by atoms with Crippen LogP contribution in [0, 0.1) is 11.8 Å². The van der Waals surface area contributed by atoms with Crippen molar-refractivity contribution < 1.29 is 10.2 Å². The third-order valence-corrected chi connectivity index (χ3v) is 2.13. The summed E-state index contributed by atoms with van der Waals surface area (Å²) in [6.07, 6.45) is 1.48. The first-order valence-electron chi connectivity index (χ1n) is 4.36. The fourth-order valence-electron chi connectivity index (χ4n) is 1.09. The van der Waals surface area contributed by atoms with Crippen molar-refractivity contribution in [2.45, 2.75) is 39.7 Å². The molecule has 0 aliphatic rings. The third kappa shape index (κ3) is 5.22. The molecule has 2 nitrogen and oxygen atoms in total. The van der Waals surface area contributed by atoms with Crippen LogP contribution in [0.4, 0.5) is 0 Å². The predicted molar refractivity (Wildman–Crippen MR) is 46.3 cm³/mol. The molecule has 2 N–H and O–H groups in total. The minimum Gasteiger partial charge on any atom is -0.396 e. The number of hydrogen-bond donors (Lipinski definition) is 2. The Hall–Kier alpha value is -0.0800. The molecule has 0 saturated heterocycles. The molecule has 11 heavy (non-hydrogen) atoms. The maximum absolute atomic E-state index is 9.00. The van der Waals surface area contributed by atoms with E-state index in [1.54, 1.807) is 6.92 Å². The summed E-state index contributed by atoms with van der Waals surface area (Å²) in [6, 6.07) is 0. The van der Waals surface area contributed by atoms with E-state index in [-0.39, 0.29) is 12.7 Å². The highest BCUT2D eigenvalue weighted by Gasteiger charge is 2.12. The van der Waals surface area contributed by atoms with Crippen molar-refractivity contribution in [3.8, 4) is 0 Å². The molecule has 2 unspecified atom stereocenters. The van der Waals surface area contributed by atoms with Crippen LogP contribution in [0.5, 0.6) is 0 Å². The van der Waals surface area contributed by atoms with Gasteiger partial charge in [-0.3, -0.25) is 0 Å². The maximum atomic E-state index is 9.00. The average molecular weight is 160 g/mol. The minimum absolute atomic E-state index is 0.234. The lowest BCUT2D eigenvalue weighted by Gasteiger charge is -2.18. The summed E-state index contributed by atoms with van der Waals surface area (Å²) < 4.78 is 0. The highest BCUT2D eigenvalue weighted by atomic mass is 16.3. The molecular formula is C9H20O2. The Kier molecular flexibility index (Phi) is 5.51. The molecule has 0 aliphatic carbocycles. The van der Waals surface area contributed by atoms with E-state index in [1.807, 2.05) is 0 Å². The fourth-order valence-corrected chi connectivity index (χ4v) is 1.09. The first-order chi connectivity index (χ1) is 5.07. The Bertz CT molecular complexity index is 89.6. The number of aliphatic hydroxyl groups is 2. The zero-order chi connectivity index (χ0) is 8.85. The Morgan fingerprint density at radius 2 is 1.64 bits per heavy atom. The lowest BCUT2D eigenvalue weighted by Crippen LogP contribution is -2.15. The van der Waals surface area contributed by atoms with E-state index in [0.29, 0.717) is 11.8 Å². The van der Waals surface area contributed by atoms with E-state index in [2.05, 4.69) is 13.8 Å². The molecule has 0 bridgehead atoms. The SMILES string of the molecule is CC(O)CCC(CO)C(C)C. The monoisotopic (exact) mass is 160 g/mol. The van der Waals surface area contributed by atoms with E-state index in [4.69, 9.17) is 10.2 Å². The first-order valence-corrected chi connectivity index (χ1v) is 4.36. The van der Waals surface area contributed by atoms with Crippen molar-refractivity contribution in [3.05, 3.63) is 0 Å². The van der Waals surface area contributed by atoms with Crippen LogP contribution in [-0.2, 0) is 0 Å². The molecule has 0 aromatic carbocycles. The van der Waals surface area contributed by atoms with Crippen LogP contribution in [0.3, 0.4) is 0 Å². The molecule has 68 valence electrons. The van der Waals surface area contributed by atoms with Crippen LogP contribution in [0.2, 0.25) is 0 Å². The van der Waals surface area contributed by atoms with Crippen LogP contribution >= 0.6 is 0 Å². The van der Waals surface area contributed by atoms with Crippen molar-refractivity contribution in [2.24, 2.45) is 11.8 Å². The smallest absolute Gasteiger partial charge is 0.0512 e. The largest absolute Gasteiger partial charge is 0.396 e. The van der Waals surface area contributed by atoms with Gasteiger partial charge >= 0.3 is 0 Å². The van der Waals surface area contributed by atoms with Gasteiger partial charge in [0, 0.05) is 6.61 Å². The second-order valence-electron chi connectivity index (χ2n) is 3.61. The summed E-state index contributed by atoms with van der Waals surface area (Å²) in [5.41, 5.74) is 0. The molecule has 0 aliphatic heterocycles. The van der Waals surface area contributed by atoms with E-state index in [9.17, 15) is 0 Å². The zero-order valence-corrected chi connectivity index (χ0v) is 7.75. The normalized spacial score (nSPS) is 16.9. The Labute approximate surface area is 69.2 Å². The second-order valence-corrected chi connectivity index (χ2v) is 3.61. The Morgan fingerprint density at radius 3 is 1.91 bits per heavy atom. The van der Waals surface area contributed by atoms with Crippen LogP contribution in [0.25, 0.3) is 0 Å². The van der Waals surface area contributed by atoms with Gasteiger partial charge in [-0.1, -0.05) is 13.8 Å². The van der Waals surface area contributed by atoms with Gasteiger partial charge in [-0.25, -0.2) is 0 Å². The van der Waals surface area contributed by atoms with Gasteiger partial charge < -0.3 is 10.2 Å². The van der Waals surface area contributed by atoms with Gasteiger partial charge in [0.05, 0.1) is 6.10 Å². The molecule has 0 amide bonds. The van der Waals surface area contributed by atoms with E-state index < -0.39 is 0 Å². The average Bonchev–Trinajstić information content (AvgIpc) is 1.87. The van der Waals surface area contributed by atoms with Gasteiger partial charge in [-0.05, 0) is 31.6 Å². The van der Waals surface area contributed by atoms with Crippen LogP contribution < -0.4 is 0 Å². The van der Waals surface area contributed by atoms with Gasteiger partial charge in [0.25, 0.3) is 0 Å². The molecular weight excluding hydrogens is 140 g/mol. The summed E-state index contributed by atoms with van der Waals surface area (Å²) in [5, 5.41) is 17.9. The highest BCUT2D eigenvalue weighted by Crippen LogP contribution is 2.17. The van der Waals surface area contributed by atoms with Crippen LogP contribution in [0.15, 0.2) is 0 Å². The van der Waals surface area contributed by atoms with Gasteiger partial charge in [0.2, 0.25) is 0 Å².